The van der Waals surface area contributed by atoms with E-state index in [1.54, 1.807) is 42.7 Å². The Morgan fingerprint density at radius 3 is 2.72 bits per heavy atom. The summed E-state index contributed by atoms with van der Waals surface area (Å²) in [6, 6.07) is 10.9. The van der Waals surface area contributed by atoms with E-state index in [0.717, 1.165) is 5.56 Å². The molecule has 2 aromatic heterocycles. The maximum absolute atomic E-state index is 13.2. The molecule has 164 valence electrons. The third kappa shape index (κ3) is 3.82. The van der Waals surface area contributed by atoms with Gasteiger partial charge in [-0.3, -0.25) is 14.6 Å². The second kappa shape index (κ2) is 8.97. The molecule has 0 saturated carbocycles. The summed E-state index contributed by atoms with van der Waals surface area (Å²) in [5, 5.41) is 10.7. The van der Waals surface area contributed by atoms with Gasteiger partial charge in [0.2, 0.25) is 5.78 Å². The number of Topliss-reactive ketones (excluding diaryl/α,β-unsaturated/α-hetero) is 1. The van der Waals surface area contributed by atoms with Crippen molar-refractivity contribution in [2.45, 2.75) is 19.5 Å². The van der Waals surface area contributed by atoms with Crippen LogP contribution in [0.4, 0.5) is 0 Å². The van der Waals surface area contributed by atoms with Gasteiger partial charge >= 0.3 is 0 Å². The highest BCUT2D eigenvalue weighted by atomic mass is 16.5. The number of nitrogens with zero attached hydrogens (tertiary/aromatic N) is 2. The van der Waals surface area contributed by atoms with E-state index in [9.17, 15) is 14.7 Å². The van der Waals surface area contributed by atoms with Gasteiger partial charge in [0.25, 0.3) is 5.91 Å². The van der Waals surface area contributed by atoms with Crippen molar-refractivity contribution in [1.29, 1.82) is 0 Å². The number of aromatic nitrogens is 1. The first kappa shape index (κ1) is 21.2. The molecule has 1 N–H and O–H groups in total. The topological polar surface area (TPSA) is 102 Å². The van der Waals surface area contributed by atoms with Crippen LogP contribution in [0, 0.1) is 0 Å². The summed E-state index contributed by atoms with van der Waals surface area (Å²) in [6.45, 7) is 2.46. The molecule has 1 aromatic carbocycles. The highest BCUT2D eigenvalue weighted by Crippen LogP contribution is 2.42. The minimum atomic E-state index is -0.857. The van der Waals surface area contributed by atoms with Crippen LogP contribution in [0.5, 0.6) is 11.5 Å². The number of furan rings is 1. The molecule has 0 radical (unpaired) electrons. The fourth-order valence-corrected chi connectivity index (χ4v) is 3.75. The van der Waals surface area contributed by atoms with Crippen LogP contribution in [0.1, 0.15) is 34.6 Å². The molecular formula is C24H22N2O6. The molecule has 8 nitrogen and oxygen atoms in total. The van der Waals surface area contributed by atoms with Gasteiger partial charge in [-0.15, -0.1) is 0 Å². The third-order valence-corrected chi connectivity index (χ3v) is 5.17. The SMILES string of the molecule is CCOc1ccc([C@@H]2C(C(=O)c3ccco3)=C(O)C(=O)N2Cc2cccnc2)cc1OC. The number of hydrogen-bond acceptors (Lipinski definition) is 7. The van der Waals surface area contributed by atoms with Gasteiger partial charge in [0.05, 0.1) is 31.6 Å². The Kier molecular flexibility index (Phi) is 5.93. The lowest BCUT2D eigenvalue weighted by Gasteiger charge is -2.27. The molecule has 3 heterocycles. The van der Waals surface area contributed by atoms with E-state index in [2.05, 4.69) is 4.98 Å². The maximum atomic E-state index is 13.2. The van der Waals surface area contributed by atoms with Crippen molar-refractivity contribution >= 4 is 11.7 Å². The smallest absolute Gasteiger partial charge is 0.290 e. The van der Waals surface area contributed by atoms with Crippen LogP contribution in [0.25, 0.3) is 0 Å². The number of ketones is 1. The number of methoxy groups -OCH3 is 1. The summed E-state index contributed by atoms with van der Waals surface area (Å²) in [6.07, 6.45) is 4.63. The Labute approximate surface area is 184 Å². The first-order chi connectivity index (χ1) is 15.5. The average molecular weight is 434 g/mol. The van der Waals surface area contributed by atoms with Crippen LogP contribution in [0.15, 0.2) is 76.9 Å². The molecule has 1 aliphatic heterocycles. The summed E-state index contributed by atoms with van der Waals surface area (Å²) < 4.78 is 16.3. The van der Waals surface area contributed by atoms with Crippen LogP contribution in [0.3, 0.4) is 0 Å². The number of hydrogen-bond donors (Lipinski definition) is 1. The molecule has 1 atom stereocenters. The fourth-order valence-electron chi connectivity index (χ4n) is 3.75. The van der Waals surface area contributed by atoms with Crippen LogP contribution >= 0.6 is 0 Å². The Morgan fingerprint density at radius 1 is 1.22 bits per heavy atom. The molecule has 0 saturated heterocycles. The Hall–Kier alpha value is -4.07. The molecule has 0 unspecified atom stereocenters. The first-order valence-corrected chi connectivity index (χ1v) is 10.1. The highest BCUT2D eigenvalue weighted by Gasteiger charge is 2.44. The molecule has 0 bridgehead atoms. The summed E-state index contributed by atoms with van der Waals surface area (Å²) in [4.78, 5) is 31.8. The number of aliphatic hydroxyl groups is 1. The molecule has 0 spiro atoms. The Bertz CT molecular complexity index is 1150. The number of pyridine rings is 1. The predicted molar refractivity (Wildman–Crippen MR) is 114 cm³/mol. The van der Waals surface area contributed by atoms with Gasteiger partial charge in [-0.25, -0.2) is 0 Å². The number of ether oxygens (including phenoxy) is 2. The second-order valence-corrected chi connectivity index (χ2v) is 7.11. The average Bonchev–Trinajstić information content (AvgIpc) is 3.43. The largest absolute Gasteiger partial charge is 0.503 e. The van der Waals surface area contributed by atoms with Crippen LogP contribution in [-0.2, 0) is 11.3 Å². The van der Waals surface area contributed by atoms with Crippen molar-refractivity contribution in [3.8, 4) is 11.5 Å². The summed E-state index contributed by atoms with van der Waals surface area (Å²) >= 11 is 0. The maximum Gasteiger partial charge on any atom is 0.290 e. The Morgan fingerprint density at radius 2 is 2.06 bits per heavy atom. The van der Waals surface area contributed by atoms with Gasteiger partial charge in [-0.1, -0.05) is 12.1 Å². The van der Waals surface area contributed by atoms with Gasteiger partial charge in [0.15, 0.2) is 23.0 Å². The molecule has 32 heavy (non-hydrogen) atoms. The predicted octanol–water partition coefficient (Wildman–Crippen LogP) is 3.86. The number of amides is 1. The Balaban J connectivity index is 1.81. The van der Waals surface area contributed by atoms with E-state index < -0.39 is 23.5 Å². The quantitative estimate of drug-likeness (QED) is 0.537. The molecule has 0 fully saturated rings. The number of carbonyl (C=O) groups excluding carboxylic acids is 2. The lowest BCUT2D eigenvalue weighted by molar-refractivity contribution is -0.130. The molecule has 1 aliphatic rings. The molecule has 4 rings (SSSR count). The van der Waals surface area contributed by atoms with Crippen molar-refractivity contribution in [3.05, 3.63) is 89.3 Å². The standard InChI is InChI=1S/C24H22N2O6/c1-3-31-17-9-8-16(12-19(17)30-2)21-20(22(27)18-7-5-11-32-18)23(28)24(29)26(21)14-15-6-4-10-25-13-15/h4-13,21,28H,3,14H2,1-2H3/t21-/m1/s1. The van der Waals surface area contributed by atoms with E-state index >= 15 is 0 Å². The van der Waals surface area contributed by atoms with Gasteiger partial charge in [0.1, 0.15) is 0 Å². The third-order valence-electron chi connectivity index (χ3n) is 5.17. The zero-order valence-electron chi connectivity index (χ0n) is 17.6. The van der Waals surface area contributed by atoms with Crippen LogP contribution in [0.2, 0.25) is 0 Å². The second-order valence-electron chi connectivity index (χ2n) is 7.11. The minimum absolute atomic E-state index is 0.0329. The van der Waals surface area contributed by atoms with Crippen molar-refractivity contribution in [2.24, 2.45) is 0 Å². The summed E-state index contributed by atoms with van der Waals surface area (Å²) in [5.41, 5.74) is 1.28. The number of benzene rings is 1. The molecular weight excluding hydrogens is 412 g/mol. The molecule has 1 amide bonds. The fraction of sp³-hybridized carbons (Fsp3) is 0.208. The van der Waals surface area contributed by atoms with E-state index in [-0.39, 0.29) is 17.9 Å². The molecule has 8 heteroatoms. The monoisotopic (exact) mass is 434 g/mol. The van der Waals surface area contributed by atoms with Crippen molar-refractivity contribution in [2.75, 3.05) is 13.7 Å². The molecule has 0 aliphatic carbocycles. The first-order valence-electron chi connectivity index (χ1n) is 10.1. The summed E-state index contributed by atoms with van der Waals surface area (Å²) in [7, 11) is 1.51. The van der Waals surface area contributed by atoms with E-state index in [1.165, 1.54) is 24.3 Å². The zero-order valence-corrected chi connectivity index (χ0v) is 17.6. The van der Waals surface area contributed by atoms with Crippen LogP contribution < -0.4 is 9.47 Å². The van der Waals surface area contributed by atoms with Gasteiger partial charge in [-0.05, 0) is 48.4 Å². The van der Waals surface area contributed by atoms with Gasteiger partial charge < -0.3 is 23.9 Å². The van der Waals surface area contributed by atoms with Gasteiger partial charge in [-0.2, -0.15) is 0 Å². The summed E-state index contributed by atoms with van der Waals surface area (Å²) in [5.74, 6) is -0.795. The normalized spacial score (nSPS) is 15.9. The van der Waals surface area contributed by atoms with Crippen molar-refractivity contribution in [3.63, 3.8) is 0 Å². The number of rotatable bonds is 8. The van der Waals surface area contributed by atoms with Crippen LogP contribution in [-0.4, -0.2) is 40.4 Å². The van der Waals surface area contributed by atoms with E-state index in [0.29, 0.717) is 23.7 Å². The number of aliphatic hydroxyl groups excluding tert-OH is 1. The van der Waals surface area contributed by atoms with Gasteiger partial charge in [0, 0.05) is 18.9 Å². The van der Waals surface area contributed by atoms with E-state index in [4.69, 9.17) is 13.9 Å². The highest BCUT2D eigenvalue weighted by molar-refractivity contribution is 6.15. The number of carbonyl (C=O) groups is 2. The lowest BCUT2D eigenvalue weighted by Crippen LogP contribution is -2.30. The minimum Gasteiger partial charge on any atom is -0.503 e. The lowest BCUT2D eigenvalue weighted by atomic mass is 9.94. The zero-order chi connectivity index (χ0) is 22.7. The van der Waals surface area contributed by atoms with E-state index in [1.807, 2.05) is 13.0 Å². The molecule has 3 aromatic rings. The van der Waals surface area contributed by atoms with Crippen molar-refractivity contribution in [1.82, 2.24) is 9.88 Å². The van der Waals surface area contributed by atoms with Crippen molar-refractivity contribution < 1.29 is 28.6 Å².